The van der Waals surface area contributed by atoms with Gasteiger partial charge in [-0.1, -0.05) is 25.1 Å². The largest absolute Gasteiger partial charge is 0.288 e. The highest BCUT2D eigenvalue weighted by Crippen LogP contribution is 2.28. The first-order valence-electron chi connectivity index (χ1n) is 6.50. The first kappa shape index (κ1) is 17.5. The average molecular weight is 345 g/mol. The zero-order valence-electron chi connectivity index (χ0n) is 11.5. The van der Waals surface area contributed by atoms with Crippen molar-refractivity contribution < 1.29 is 13.6 Å². The number of halogens is 3. The van der Waals surface area contributed by atoms with E-state index in [1.807, 2.05) is 0 Å². The molecule has 0 radical (unpaired) electrons. The highest BCUT2D eigenvalue weighted by Gasteiger charge is 2.24. The van der Waals surface area contributed by atoms with Gasteiger partial charge in [0.15, 0.2) is 5.78 Å². The Morgan fingerprint density at radius 3 is 2.67 bits per heavy atom. The summed E-state index contributed by atoms with van der Waals surface area (Å²) in [6.07, 6.45) is 1.44. The van der Waals surface area contributed by atoms with Gasteiger partial charge < -0.3 is 0 Å². The summed E-state index contributed by atoms with van der Waals surface area (Å²) < 4.78 is 27.8. The minimum Gasteiger partial charge on any atom is -0.288 e. The summed E-state index contributed by atoms with van der Waals surface area (Å²) >= 11 is 5.90. The molecule has 0 aliphatic heterocycles. The molecular formula is C18H11ClF2N2O. The number of benzene rings is 2. The van der Waals surface area contributed by atoms with E-state index in [1.165, 1.54) is 12.3 Å². The molecule has 1 aromatic heterocycles. The lowest BCUT2D eigenvalue weighted by molar-refractivity contribution is 0.103. The van der Waals surface area contributed by atoms with Crippen LogP contribution in [0.5, 0.6) is 0 Å². The highest BCUT2D eigenvalue weighted by molar-refractivity contribution is 6.35. The van der Waals surface area contributed by atoms with Gasteiger partial charge in [-0.2, -0.15) is 5.26 Å². The van der Waals surface area contributed by atoms with Crippen LogP contribution in [0.3, 0.4) is 0 Å². The summed E-state index contributed by atoms with van der Waals surface area (Å²) in [4.78, 5) is 16.6. The lowest BCUT2D eigenvalue weighted by Gasteiger charge is -2.09. The van der Waals surface area contributed by atoms with Crippen LogP contribution in [0.15, 0.2) is 42.6 Å². The van der Waals surface area contributed by atoms with Crippen molar-refractivity contribution >= 4 is 28.3 Å². The van der Waals surface area contributed by atoms with Crippen LogP contribution in [0.4, 0.5) is 8.78 Å². The van der Waals surface area contributed by atoms with Gasteiger partial charge in [0.05, 0.1) is 21.7 Å². The Bertz CT molecular complexity index is 996. The summed E-state index contributed by atoms with van der Waals surface area (Å²) in [5.41, 5.74) is -0.679. The normalized spacial score (nSPS) is 10.1. The number of fused-ring (bicyclic) bond motifs is 1. The maximum absolute atomic E-state index is 14.4. The molecule has 0 spiro atoms. The number of rotatable bonds is 2. The van der Waals surface area contributed by atoms with Gasteiger partial charge in [0.1, 0.15) is 17.7 Å². The monoisotopic (exact) mass is 344 g/mol. The molecule has 0 N–H and O–H groups in total. The molecule has 0 aliphatic carbocycles. The van der Waals surface area contributed by atoms with Crippen LogP contribution < -0.4 is 0 Å². The highest BCUT2D eigenvalue weighted by atomic mass is 35.5. The lowest BCUT2D eigenvalue weighted by Crippen LogP contribution is -2.09. The second-order valence-corrected chi connectivity index (χ2v) is 5.16. The van der Waals surface area contributed by atoms with E-state index >= 15 is 0 Å². The molecule has 3 aromatic rings. The molecule has 0 unspecified atom stereocenters. The fourth-order valence-electron chi connectivity index (χ4n) is 2.33. The van der Waals surface area contributed by atoms with Crippen molar-refractivity contribution in [1.82, 2.24) is 4.98 Å². The van der Waals surface area contributed by atoms with Crippen molar-refractivity contribution in [2.45, 2.75) is 7.43 Å². The van der Waals surface area contributed by atoms with Gasteiger partial charge in [0.2, 0.25) is 0 Å². The van der Waals surface area contributed by atoms with Crippen LogP contribution >= 0.6 is 11.6 Å². The summed E-state index contributed by atoms with van der Waals surface area (Å²) in [5, 5.41) is 9.71. The van der Waals surface area contributed by atoms with E-state index in [2.05, 4.69) is 4.98 Å². The van der Waals surface area contributed by atoms with Crippen molar-refractivity contribution in [2.75, 3.05) is 0 Å². The molecule has 6 heteroatoms. The molecular weight excluding hydrogens is 334 g/mol. The number of aromatic nitrogens is 1. The number of pyridine rings is 1. The number of nitriles is 1. The zero-order valence-corrected chi connectivity index (χ0v) is 12.2. The van der Waals surface area contributed by atoms with Crippen LogP contribution in [0.2, 0.25) is 5.02 Å². The summed E-state index contributed by atoms with van der Waals surface area (Å²) in [6, 6.07) is 9.29. The smallest absolute Gasteiger partial charge is 0.198 e. The van der Waals surface area contributed by atoms with E-state index in [4.69, 9.17) is 11.6 Å². The van der Waals surface area contributed by atoms with E-state index in [0.29, 0.717) is 5.39 Å². The Kier molecular flexibility index (Phi) is 4.91. The molecule has 0 saturated carbocycles. The third kappa shape index (κ3) is 2.84. The molecule has 24 heavy (non-hydrogen) atoms. The van der Waals surface area contributed by atoms with E-state index in [0.717, 1.165) is 18.2 Å². The Balaban J connectivity index is 0.00000208. The second-order valence-electron chi connectivity index (χ2n) is 4.75. The third-order valence-electron chi connectivity index (χ3n) is 3.36. The van der Waals surface area contributed by atoms with Gasteiger partial charge in [-0.05, 0) is 30.3 Å². The van der Waals surface area contributed by atoms with Crippen molar-refractivity contribution in [2.24, 2.45) is 0 Å². The van der Waals surface area contributed by atoms with Gasteiger partial charge >= 0.3 is 0 Å². The number of nitrogens with zero attached hydrogens (tertiary/aromatic N) is 2. The molecule has 0 fully saturated rings. The van der Waals surface area contributed by atoms with Gasteiger partial charge in [0.25, 0.3) is 0 Å². The fourth-order valence-corrected chi connectivity index (χ4v) is 2.53. The lowest BCUT2D eigenvalue weighted by atomic mass is 9.95. The van der Waals surface area contributed by atoms with Gasteiger partial charge in [0, 0.05) is 17.1 Å². The van der Waals surface area contributed by atoms with Gasteiger partial charge in [-0.25, -0.2) is 8.78 Å². The number of carbonyl (C=O) groups is 1. The zero-order chi connectivity index (χ0) is 16.6. The van der Waals surface area contributed by atoms with Crippen LogP contribution in [-0.2, 0) is 0 Å². The van der Waals surface area contributed by atoms with Crippen molar-refractivity contribution in [1.29, 1.82) is 5.26 Å². The maximum Gasteiger partial charge on any atom is 0.198 e. The number of ketones is 1. The second kappa shape index (κ2) is 6.73. The van der Waals surface area contributed by atoms with E-state index in [9.17, 15) is 18.8 Å². The number of hydrogen-bond acceptors (Lipinski definition) is 3. The molecule has 1 heterocycles. The Labute approximate surface area is 142 Å². The summed E-state index contributed by atoms with van der Waals surface area (Å²) in [7, 11) is 0. The van der Waals surface area contributed by atoms with Crippen molar-refractivity contribution in [3.8, 4) is 6.07 Å². The first-order valence-corrected chi connectivity index (χ1v) is 6.88. The molecule has 2 aromatic carbocycles. The Morgan fingerprint density at radius 1 is 1.21 bits per heavy atom. The van der Waals surface area contributed by atoms with E-state index in [1.54, 1.807) is 18.2 Å². The van der Waals surface area contributed by atoms with Crippen molar-refractivity contribution in [3.63, 3.8) is 0 Å². The molecule has 3 nitrogen and oxygen atoms in total. The van der Waals surface area contributed by atoms with Gasteiger partial charge in [-0.15, -0.1) is 0 Å². The minimum absolute atomic E-state index is 0. The van der Waals surface area contributed by atoms with Gasteiger partial charge in [-0.3, -0.25) is 9.78 Å². The molecule has 0 amide bonds. The molecule has 3 rings (SSSR count). The third-order valence-corrected chi connectivity index (χ3v) is 3.69. The Morgan fingerprint density at radius 2 is 1.96 bits per heavy atom. The summed E-state index contributed by atoms with van der Waals surface area (Å²) in [6.45, 7) is 0. The molecule has 0 bridgehead atoms. The molecule has 0 saturated heterocycles. The van der Waals surface area contributed by atoms with E-state index < -0.39 is 23.0 Å². The van der Waals surface area contributed by atoms with Crippen LogP contribution in [0.25, 0.3) is 10.9 Å². The molecule has 0 aliphatic rings. The molecule has 120 valence electrons. The van der Waals surface area contributed by atoms with Crippen LogP contribution in [0.1, 0.15) is 28.9 Å². The number of hydrogen-bond donors (Lipinski definition) is 0. The predicted molar refractivity (Wildman–Crippen MR) is 88.0 cm³/mol. The van der Waals surface area contributed by atoms with Crippen molar-refractivity contribution in [3.05, 3.63) is 75.9 Å². The average Bonchev–Trinajstić information content (AvgIpc) is 2.55. The maximum atomic E-state index is 14.4. The molecule has 0 atom stereocenters. The minimum atomic E-state index is -0.882. The SMILES string of the molecule is C.N#Cc1c(C(=O)c2cc(F)ccc2Cl)c(F)cc2cccnc12. The van der Waals surface area contributed by atoms with Crippen LogP contribution in [0, 0.1) is 23.0 Å². The van der Waals surface area contributed by atoms with Crippen LogP contribution in [-0.4, -0.2) is 10.8 Å². The Hall–Kier alpha value is -2.84. The quantitative estimate of drug-likeness (QED) is 0.621. The number of carbonyl (C=O) groups excluding carboxylic acids is 1. The fraction of sp³-hybridized carbons (Fsp3) is 0.0556. The topological polar surface area (TPSA) is 53.8 Å². The van der Waals surface area contributed by atoms with E-state index in [-0.39, 0.29) is 29.1 Å². The standard InChI is InChI=1S/C17H7ClF2N2O.CH4/c18-13-4-3-10(19)7-11(13)17(23)15-12(8-21)16-9(6-14(15)20)2-1-5-22-16;/h1-7H;1H4. The summed E-state index contributed by atoms with van der Waals surface area (Å²) in [5.74, 6) is -2.43. The predicted octanol–water partition coefficient (Wildman–Crippen LogP) is 4.91. The first-order chi connectivity index (χ1) is 11.0.